The number of hydrogen-bond donors (Lipinski definition) is 1. The van der Waals surface area contributed by atoms with Crippen molar-refractivity contribution < 1.29 is 14.6 Å². The first-order valence-corrected chi connectivity index (χ1v) is 8.62. The second kappa shape index (κ2) is 7.79. The van der Waals surface area contributed by atoms with E-state index in [0.717, 1.165) is 38.5 Å². The van der Waals surface area contributed by atoms with Gasteiger partial charge in [0.1, 0.15) is 5.75 Å². The van der Waals surface area contributed by atoms with Crippen molar-refractivity contribution in [1.29, 1.82) is 0 Å². The second-order valence-corrected chi connectivity index (χ2v) is 6.58. The molecule has 1 aliphatic heterocycles. The number of nitrogens with zero attached hydrogens (tertiary/aromatic N) is 2. The van der Waals surface area contributed by atoms with Crippen molar-refractivity contribution in [1.82, 2.24) is 9.80 Å². The molecule has 1 saturated carbocycles. The van der Waals surface area contributed by atoms with E-state index in [1.54, 1.807) is 0 Å². The zero-order valence-electron chi connectivity index (χ0n) is 13.6. The number of rotatable bonds is 6. The van der Waals surface area contributed by atoms with Gasteiger partial charge in [0, 0.05) is 38.3 Å². The van der Waals surface area contributed by atoms with Gasteiger partial charge in [-0.2, -0.15) is 0 Å². The van der Waals surface area contributed by atoms with Gasteiger partial charge in [-0.05, 0) is 31.7 Å². The average molecular weight is 318 g/mol. The van der Waals surface area contributed by atoms with Crippen molar-refractivity contribution in [2.24, 2.45) is 0 Å². The number of piperazine rings is 1. The lowest BCUT2D eigenvalue weighted by Gasteiger charge is -2.34. The molecule has 1 N–H and O–H groups in total. The van der Waals surface area contributed by atoms with Crippen LogP contribution in [0.25, 0.3) is 0 Å². The van der Waals surface area contributed by atoms with Crippen LogP contribution in [0.15, 0.2) is 24.3 Å². The zero-order valence-corrected chi connectivity index (χ0v) is 13.6. The van der Waals surface area contributed by atoms with Crippen LogP contribution < -0.4 is 4.74 Å². The minimum Gasteiger partial charge on any atom is -0.490 e. The lowest BCUT2D eigenvalue weighted by molar-refractivity contribution is -0.138. The molecule has 3 rings (SSSR count). The Hall–Kier alpha value is -1.59. The highest BCUT2D eigenvalue weighted by molar-refractivity contribution is 5.69. The topological polar surface area (TPSA) is 53.0 Å². The first-order valence-electron chi connectivity index (χ1n) is 8.62. The Labute approximate surface area is 137 Å². The minimum atomic E-state index is -0.742. The Morgan fingerprint density at radius 3 is 2.43 bits per heavy atom. The molecule has 2 aliphatic rings. The van der Waals surface area contributed by atoms with Gasteiger partial charge in [0.05, 0.1) is 12.6 Å². The molecule has 0 spiro atoms. The second-order valence-electron chi connectivity index (χ2n) is 6.58. The average Bonchev–Trinajstić information content (AvgIpc) is 3.04. The molecular formula is C18H26N2O3. The van der Waals surface area contributed by atoms with E-state index in [0.29, 0.717) is 6.10 Å². The third kappa shape index (κ3) is 4.69. The number of aliphatic carboxylic acids is 1. The smallest absolute Gasteiger partial charge is 0.317 e. The molecule has 5 heteroatoms. The van der Waals surface area contributed by atoms with Crippen LogP contribution in [-0.2, 0) is 11.3 Å². The third-order valence-electron chi connectivity index (χ3n) is 4.79. The maximum atomic E-state index is 10.8. The van der Waals surface area contributed by atoms with Gasteiger partial charge in [0.2, 0.25) is 0 Å². The van der Waals surface area contributed by atoms with Crippen LogP contribution >= 0.6 is 0 Å². The molecule has 1 aromatic carbocycles. The predicted octanol–water partition coefficient (Wildman–Crippen LogP) is 2.21. The van der Waals surface area contributed by atoms with Gasteiger partial charge >= 0.3 is 5.97 Å². The molecule has 126 valence electrons. The Kier molecular flexibility index (Phi) is 5.51. The number of hydrogen-bond acceptors (Lipinski definition) is 4. The first kappa shape index (κ1) is 16.3. The van der Waals surface area contributed by atoms with Gasteiger partial charge in [0.25, 0.3) is 0 Å². The Morgan fingerprint density at radius 1 is 1.09 bits per heavy atom. The maximum Gasteiger partial charge on any atom is 0.317 e. The monoisotopic (exact) mass is 318 g/mol. The number of benzene rings is 1. The van der Waals surface area contributed by atoms with E-state index in [9.17, 15) is 4.79 Å². The third-order valence-corrected chi connectivity index (χ3v) is 4.79. The van der Waals surface area contributed by atoms with Gasteiger partial charge in [-0.15, -0.1) is 0 Å². The van der Waals surface area contributed by atoms with Crippen molar-refractivity contribution >= 4 is 5.97 Å². The van der Waals surface area contributed by atoms with Crippen molar-refractivity contribution in [3.63, 3.8) is 0 Å². The summed E-state index contributed by atoms with van der Waals surface area (Å²) in [6, 6.07) is 8.33. The Balaban J connectivity index is 1.55. The predicted molar refractivity (Wildman–Crippen MR) is 88.7 cm³/mol. The summed E-state index contributed by atoms with van der Waals surface area (Å²) in [7, 11) is 0. The summed E-state index contributed by atoms with van der Waals surface area (Å²) in [5.41, 5.74) is 1.24. The number of para-hydroxylation sites is 1. The standard InChI is InChI=1S/C18H26N2O3/c21-18(22)14-20-11-9-19(10-12-20)13-15-5-1-4-8-17(15)23-16-6-2-3-7-16/h1,4-5,8,16H,2-3,6-7,9-14H2,(H,21,22). The highest BCUT2D eigenvalue weighted by atomic mass is 16.5. The van der Waals surface area contributed by atoms with Crippen LogP contribution in [0.5, 0.6) is 5.75 Å². The molecule has 5 nitrogen and oxygen atoms in total. The Bertz CT molecular complexity index is 521. The Morgan fingerprint density at radius 2 is 1.74 bits per heavy atom. The lowest BCUT2D eigenvalue weighted by atomic mass is 10.1. The fourth-order valence-corrected chi connectivity index (χ4v) is 3.47. The van der Waals surface area contributed by atoms with Gasteiger partial charge in [-0.3, -0.25) is 14.6 Å². The lowest BCUT2D eigenvalue weighted by Crippen LogP contribution is -2.47. The molecule has 0 unspecified atom stereocenters. The molecule has 1 saturated heterocycles. The largest absolute Gasteiger partial charge is 0.490 e. The highest BCUT2D eigenvalue weighted by Crippen LogP contribution is 2.27. The van der Waals surface area contributed by atoms with E-state index in [-0.39, 0.29) is 6.54 Å². The van der Waals surface area contributed by atoms with E-state index >= 15 is 0 Å². The summed E-state index contributed by atoms with van der Waals surface area (Å²) in [5.74, 6) is 0.279. The van der Waals surface area contributed by atoms with E-state index in [1.807, 2.05) is 11.0 Å². The summed E-state index contributed by atoms with van der Waals surface area (Å²) in [4.78, 5) is 15.2. The summed E-state index contributed by atoms with van der Waals surface area (Å²) >= 11 is 0. The molecule has 0 amide bonds. The summed E-state index contributed by atoms with van der Waals surface area (Å²) in [6.07, 6.45) is 5.27. The molecular weight excluding hydrogens is 292 g/mol. The molecule has 0 radical (unpaired) electrons. The fraction of sp³-hybridized carbons (Fsp3) is 0.611. The number of ether oxygens (including phenoxy) is 1. The van der Waals surface area contributed by atoms with E-state index < -0.39 is 5.97 Å². The number of carboxylic acid groups (broad SMARTS) is 1. The first-order chi connectivity index (χ1) is 11.2. The molecule has 1 heterocycles. The minimum absolute atomic E-state index is 0.148. The van der Waals surface area contributed by atoms with E-state index in [1.165, 1.54) is 31.2 Å². The van der Waals surface area contributed by atoms with Crippen LogP contribution in [0.3, 0.4) is 0 Å². The van der Waals surface area contributed by atoms with Gasteiger partial charge < -0.3 is 9.84 Å². The SMILES string of the molecule is O=C(O)CN1CCN(Cc2ccccc2OC2CCCC2)CC1. The molecule has 0 bridgehead atoms. The fourth-order valence-electron chi connectivity index (χ4n) is 3.47. The van der Waals surface area contributed by atoms with Crippen molar-refractivity contribution in [2.45, 2.75) is 38.3 Å². The van der Waals surface area contributed by atoms with Crippen LogP contribution in [0, 0.1) is 0 Å². The normalized spacial score (nSPS) is 20.7. The number of carbonyl (C=O) groups is 1. The van der Waals surface area contributed by atoms with Crippen LogP contribution in [0.2, 0.25) is 0 Å². The number of carboxylic acids is 1. The van der Waals surface area contributed by atoms with Crippen molar-refractivity contribution in [3.8, 4) is 5.75 Å². The van der Waals surface area contributed by atoms with Gasteiger partial charge in [-0.25, -0.2) is 0 Å². The maximum absolute atomic E-state index is 10.8. The molecule has 1 aliphatic carbocycles. The zero-order chi connectivity index (χ0) is 16.1. The summed E-state index contributed by atoms with van der Waals surface area (Å²) in [6.45, 7) is 4.48. The van der Waals surface area contributed by atoms with Crippen LogP contribution in [-0.4, -0.2) is 59.7 Å². The van der Waals surface area contributed by atoms with Crippen LogP contribution in [0.1, 0.15) is 31.2 Å². The van der Waals surface area contributed by atoms with Gasteiger partial charge in [0.15, 0.2) is 0 Å². The molecule has 2 fully saturated rings. The van der Waals surface area contributed by atoms with E-state index in [2.05, 4.69) is 23.1 Å². The van der Waals surface area contributed by atoms with E-state index in [4.69, 9.17) is 9.84 Å². The van der Waals surface area contributed by atoms with Crippen molar-refractivity contribution in [2.75, 3.05) is 32.7 Å². The molecule has 0 atom stereocenters. The van der Waals surface area contributed by atoms with Gasteiger partial charge in [-0.1, -0.05) is 18.2 Å². The quantitative estimate of drug-likeness (QED) is 0.871. The molecule has 0 aromatic heterocycles. The van der Waals surface area contributed by atoms with Crippen LogP contribution in [0.4, 0.5) is 0 Å². The highest BCUT2D eigenvalue weighted by Gasteiger charge is 2.21. The van der Waals surface area contributed by atoms with Crippen molar-refractivity contribution in [3.05, 3.63) is 29.8 Å². The summed E-state index contributed by atoms with van der Waals surface area (Å²) < 4.78 is 6.21. The molecule has 23 heavy (non-hydrogen) atoms. The summed E-state index contributed by atoms with van der Waals surface area (Å²) in [5, 5.41) is 8.87. The molecule has 1 aromatic rings.